The number of pyridine rings is 1. The van der Waals surface area contributed by atoms with E-state index in [4.69, 9.17) is 23.2 Å². The Morgan fingerprint density at radius 2 is 1.67 bits per heavy atom. The molecule has 2 heterocycles. The number of carboxylic acids is 1. The molecule has 3 aromatic rings. The van der Waals surface area contributed by atoms with Gasteiger partial charge in [0, 0.05) is 13.1 Å². The van der Waals surface area contributed by atoms with E-state index in [1.807, 2.05) is 36.4 Å². The van der Waals surface area contributed by atoms with Crippen molar-refractivity contribution in [2.24, 2.45) is 0 Å². The van der Waals surface area contributed by atoms with Crippen LogP contribution in [0.4, 0.5) is 5.82 Å². The van der Waals surface area contributed by atoms with E-state index in [9.17, 15) is 24.3 Å². The molecule has 0 unspecified atom stereocenters. The van der Waals surface area contributed by atoms with E-state index < -0.39 is 42.8 Å². The summed E-state index contributed by atoms with van der Waals surface area (Å²) in [6.45, 7) is -0.0792. The monoisotopic (exact) mass is 569 g/mol. The highest BCUT2D eigenvalue weighted by molar-refractivity contribution is 6.40. The van der Waals surface area contributed by atoms with Crippen molar-refractivity contribution in [3.05, 3.63) is 81.5 Å². The summed E-state index contributed by atoms with van der Waals surface area (Å²) in [5, 5.41) is 19.9. The largest absolute Gasteiger partial charge is 0.480 e. The molecule has 12 heteroatoms. The third-order valence-corrected chi connectivity index (χ3v) is 6.62. The first-order valence-corrected chi connectivity index (χ1v) is 12.9. The van der Waals surface area contributed by atoms with Crippen LogP contribution in [0.25, 0.3) is 11.1 Å². The second-order valence-electron chi connectivity index (χ2n) is 8.77. The van der Waals surface area contributed by atoms with Gasteiger partial charge in [-0.15, -0.1) is 0 Å². The van der Waals surface area contributed by atoms with Crippen LogP contribution >= 0.6 is 23.2 Å². The van der Waals surface area contributed by atoms with Gasteiger partial charge >= 0.3 is 5.97 Å². The lowest BCUT2D eigenvalue weighted by atomic mass is 10.0. The number of benzene rings is 2. The lowest BCUT2D eigenvalue weighted by molar-refractivity contribution is -0.139. The highest BCUT2D eigenvalue weighted by Crippen LogP contribution is 2.31. The normalized spacial score (nSPS) is 12.9. The molecule has 0 fully saturated rings. The molecule has 1 atom stereocenters. The Hall–Kier alpha value is -4.15. The first-order valence-electron chi connectivity index (χ1n) is 12.1. The predicted octanol–water partition coefficient (Wildman–Crippen LogP) is 3.14. The Kier molecular flexibility index (Phi) is 9.00. The van der Waals surface area contributed by atoms with Gasteiger partial charge in [0.25, 0.3) is 11.8 Å². The Balaban J connectivity index is 1.32. The molecule has 4 rings (SSSR count). The van der Waals surface area contributed by atoms with E-state index in [0.717, 1.165) is 30.5 Å². The summed E-state index contributed by atoms with van der Waals surface area (Å²) in [5.74, 6) is -2.75. The molecule has 0 saturated heterocycles. The number of nitrogens with one attached hydrogen (secondary N) is 4. The van der Waals surface area contributed by atoms with E-state index in [2.05, 4.69) is 26.3 Å². The van der Waals surface area contributed by atoms with Gasteiger partial charge in [0.1, 0.15) is 17.6 Å². The molecule has 1 aliphatic rings. The first kappa shape index (κ1) is 27.9. The molecule has 0 aliphatic carbocycles. The van der Waals surface area contributed by atoms with Crippen molar-refractivity contribution in [3.8, 4) is 11.1 Å². The second kappa shape index (κ2) is 12.6. The number of aryl methyl sites for hydroxylation is 1. The number of hydrogen-bond acceptors (Lipinski definition) is 6. The number of hydrogen-bond donors (Lipinski definition) is 5. The molecule has 2 aromatic carbocycles. The van der Waals surface area contributed by atoms with Gasteiger partial charge in [-0.2, -0.15) is 0 Å². The summed E-state index contributed by atoms with van der Waals surface area (Å²) >= 11 is 12.6. The van der Waals surface area contributed by atoms with Crippen molar-refractivity contribution in [1.82, 2.24) is 20.9 Å². The lowest BCUT2D eigenvalue weighted by Gasteiger charge is -2.18. The Bertz CT molecular complexity index is 1390. The fourth-order valence-electron chi connectivity index (χ4n) is 4.00. The van der Waals surface area contributed by atoms with E-state index >= 15 is 0 Å². The molecule has 0 spiro atoms. The highest BCUT2D eigenvalue weighted by atomic mass is 35.5. The van der Waals surface area contributed by atoms with Crippen LogP contribution in [0.5, 0.6) is 0 Å². The summed E-state index contributed by atoms with van der Waals surface area (Å²) in [6.07, 6.45) is 1.86. The summed E-state index contributed by atoms with van der Waals surface area (Å²) in [5.41, 5.74) is 2.61. The van der Waals surface area contributed by atoms with Crippen molar-refractivity contribution in [2.45, 2.75) is 18.9 Å². The number of carbonyl (C=O) groups is 4. The smallest absolute Gasteiger partial charge is 0.328 e. The zero-order valence-corrected chi connectivity index (χ0v) is 22.1. The lowest BCUT2D eigenvalue weighted by Crippen LogP contribution is -2.50. The summed E-state index contributed by atoms with van der Waals surface area (Å²) < 4.78 is 0. The van der Waals surface area contributed by atoms with Crippen LogP contribution in [0.3, 0.4) is 0 Å². The average Bonchev–Trinajstić information content (AvgIpc) is 2.93. The molecule has 3 amide bonds. The molecular weight excluding hydrogens is 545 g/mol. The molecule has 202 valence electrons. The molecule has 0 bridgehead atoms. The zero-order chi connectivity index (χ0) is 27.9. The number of carbonyl (C=O) groups excluding carboxylic acids is 3. The SMILES string of the molecule is O=C(CNC(=O)c1ccc2c(n1)NCCC2)NC[C@H](NC(=O)c1c(Cl)cc(-c2ccccc2)cc1Cl)C(=O)O. The van der Waals surface area contributed by atoms with Crippen LogP contribution in [-0.2, 0) is 16.0 Å². The van der Waals surface area contributed by atoms with Crippen LogP contribution in [0, 0.1) is 0 Å². The molecule has 0 saturated carbocycles. The quantitative estimate of drug-likeness (QED) is 0.265. The molecule has 1 aliphatic heterocycles. The molecule has 39 heavy (non-hydrogen) atoms. The number of aromatic nitrogens is 1. The Morgan fingerprint density at radius 1 is 0.949 bits per heavy atom. The van der Waals surface area contributed by atoms with Crippen LogP contribution < -0.4 is 21.3 Å². The van der Waals surface area contributed by atoms with E-state index in [1.165, 1.54) is 0 Å². The van der Waals surface area contributed by atoms with Gasteiger partial charge in [-0.05, 0) is 47.7 Å². The number of amides is 3. The standard InChI is InChI=1S/C27H25Cl2N5O5/c28-18-11-17(15-5-2-1-3-6-15)12-19(29)23(18)26(37)34-21(27(38)39)13-31-22(35)14-32-25(36)20-9-8-16-7-4-10-30-24(16)33-20/h1-3,5-6,8-9,11-12,21H,4,7,10,13-14H2,(H,30,33)(H,31,35)(H,32,36)(H,34,37)(H,38,39)/t21-/m0/s1. The maximum Gasteiger partial charge on any atom is 0.328 e. The van der Waals surface area contributed by atoms with Crippen LogP contribution in [0.15, 0.2) is 54.6 Å². The van der Waals surface area contributed by atoms with Crippen LogP contribution in [0.2, 0.25) is 10.0 Å². The average molecular weight is 570 g/mol. The number of aliphatic carboxylic acids is 1. The topological polar surface area (TPSA) is 150 Å². The van der Waals surface area contributed by atoms with Crippen molar-refractivity contribution < 1.29 is 24.3 Å². The number of nitrogens with zero attached hydrogens (tertiary/aromatic N) is 1. The Labute approximate surface area is 234 Å². The van der Waals surface area contributed by atoms with Gasteiger partial charge in [0.05, 0.1) is 22.2 Å². The maximum absolute atomic E-state index is 12.8. The third-order valence-electron chi connectivity index (χ3n) is 6.02. The van der Waals surface area contributed by atoms with E-state index in [1.54, 1.807) is 18.2 Å². The predicted molar refractivity (Wildman–Crippen MR) is 147 cm³/mol. The van der Waals surface area contributed by atoms with Gasteiger partial charge in [0.2, 0.25) is 5.91 Å². The fourth-order valence-corrected chi connectivity index (χ4v) is 4.66. The molecule has 5 N–H and O–H groups in total. The van der Waals surface area contributed by atoms with Crippen molar-refractivity contribution in [3.63, 3.8) is 0 Å². The van der Waals surface area contributed by atoms with Gasteiger partial charge in [-0.1, -0.05) is 59.6 Å². The van der Waals surface area contributed by atoms with Gasteiger partial charge in [-0.25, -0.2) is 9.78 Å². The number of anilines is 1. The minimum atomic E-state index is -1.48. The van der Waals surface area contributed by atoms with Crippen LogP contribution in [0.1, 0.15) is 32.8 Å². The van der Waals surface area contributed by atoms with Crippen molar-refractivity contribution in [2.75, 3.05) is 25.0 Å². The van der Waals surface area contributed by atoms with E-state index in [-0.39, 0.29) is 21.3 Å². The summed E-state index contributed by atoms with van der Waals surface area (Å²) in [7, 11) is 0. The number of carboxylic acid groups (broad SMARTS) is 1. The Morgan fingerprint density at radius 3 is 2.36 bits per heavy atom. The second-order valence-corrected chi connectivity index (χ2v) is 9.58. The first-order chi connectivity index (χ1) is 18.7. The number of rotatable bonds is 9. The number of fused-ring (bicyclic) bond motifs is 1. The minimum Gasteiger partial charge on any atom is -0.480 e. The maximum atomic E-state index is 12.8. The van der Waals surface area contributed by atoms with Gasteiger partial charge in [0.15, 0.2) is 0 Å². The molecule has 10 nitrogen and oxygen atoms in total. The van der Waals surface area contributed by atoms with Crippen molar-refractivity contribution >= 4 is 52.7 Å². The zero-order valence-electron chi connectivity index (χ0n) is 20.6. The summed E-state index contributed by atoms with van der Waals surface area (Å²) in [4.78, 5) is 53.5. The molecule has 0 radical (unpaired) electrons. The fraction of sp³-hybridized carbons (Fsp3) is 0.222. The van der Waals surface area contributed by atoms with Crippen molar-refractivity contribution in [1.29, 1.82) is 0 Å². The van der Waals surface area contributed by atoms with Gasteiger partial charge in [-0.3, -0.25) is 14.4 Å². The molecule has 1 aromatic heterocycles. The third kappa shape index (κ3) is 7.04. The van der Waals surface area contributed by atoms with Crippen LogP contribution in [-0.4, -0.2) is 59.5 Å². The number of halogens is 2. The minimum absolute atomic E-state index is 0.0423. The van der Waals surface area contributed by atoms with Gasteiger partial charge < -0.3 is 26.4 Å². The summed E-state index contributed by atoms with van der Waals surface area (Å²) in [6, 6.07) is 14.3. The van der Waals surface area contributed by atoms with E-state index in [0.29, 0.717) is 11.4 Å². The highest BCUT2D eigenvalue weighted by Gasteiger charge is 2.25. The molecular formula is C27H25Cl2N5O5.